The van der Waals surface area contributed by atoms with Crippen molar-refractivity contribution in [2.75, 3.05) is 32.9 Å². The minimum absolute atomic E-state index is 0.981. The zero-order valence-corrected chi connectivity index (χ0v) is 17.6. The third kappa shape index (κ3) is 4.69. The standard InChI is InChI=1S/C24H29N3S/c1-26-13-10-21(11-14-26)23-17-25-24-9-8-19(16-22(23)24)12-15-28-27(2)18-20-6-4-3-5-7-20/h3-10,16-17,25H,11-15,18H2,1-2H3. The number of likely N-dealkylation sites (N-methyl/N-ethyl adjacent to an activating group) is 1. The van der Waals surface area contributed by atoms with Crippen LogP contribution in [0.5, 0.6) is 0 Å². The fourth-order valence-corrected chi connectivity index (χ4v) is 4.69. The fraction of sp³-hybridized carbons (Fsp3) is 0.333. The number of aromatic nitrogens is 1. The van der Waals surface area contributed by atoms with Gasteiger partial charge in [-0.25, -0.2) is 4.31 Å². The maximum atomic E-state index is 3.46. The van der Waals surface area contributed by atoms with Crippen LogP contribution in [0.15, 0.2) is 60.8 Å². The van der Waals surface area contributed by atoms with Crippen molar-refractivity contribution in [3.8, 4) is 0 Å². The molecule has 4 heteroatoms. The fourth-order valence-electron chi connectivity index (χ4n) is 3.81. The van der Waals surface area contributed by atoms with Crippen molar-refractivity contribution in [3.63, 3.8) is 0 Å². The predicted octanol–water partition coefficient (Wildman–Crippen LogP) is 5.21. The predicted molar refractivity (Wildman–Crippen MR) is 122 cm³/mol. The summed E-state index contributed by atoms with van der Waals surface area (Å²) in [6.07, 6.45) is 6.79. The summed E-state index contributed by atoms with van der Waals surface area (Å²) in [7, 11) is 4.37. The first kappa shape index (κ1) is 19.3. The summed E-state index contributed by atoms with van der Waals surface area (Å²) >= 11 is 1.91. The maximum Gasteiger partial charge on any atom is 0.0460 e. The number of rotatable bonds is 7. The van der Waals surface area contributed by atoms with Gasteiger partial charge in [0, 0.05) is 48.1 Å². The van der Waals surface area contributed by atoms with E-state index in [1.807, 2.05) is 11.9 Å². The summed E-state index contributed by atoms with van der Waals surface area (Å²) < 4.78 is 2.33. The monoisotopic (exact) mass is 391 g/mol. The Morgan fingerprint density at radius 1 is 1.11 bits per heavy atom. The van der Waals surface area contributed by atoms with Gasteiger partial charge in [0.15, 0.2) is 0 Å². The van der Waals surface area contributed by atoms with E-state index in [9.17, 15) is 0 Å². The van der Waals surface area contributed by atoms with E-state index >= 15 is 0 Å². The highest BCUT2D eigenvalue weighted by Crippen LogP contribution is 2.30. The molecule has 3 aromatic rings. The largest absolute Gasteiger partial charge is 0.361 e. The van der Waals surface area contributed by atoms with Gasteiger partial charge >= 0.3 is 0 Å². The quantitative estimate of drug-likeness (QED) is 0.559. The molecule has 0 fully saturated rings. The number of aryl methyl sites for hydroxylation is 1. The Bertz CT molecular complexity index is 945. The Kier molecular flexibility index (Phi) is 6.20. The average Bonchev–Trinajstić information content (AvgIpc) is 3.13. The van der Waals surface area contributed by atoms with Crippen molar-refractivity contribution in [2.24, 2.45) is 0 Å². The molecule has 0 unspecified atom stereocenters. The van der Waals surface area contributed by atoms with E-state index in [-0.39, 0.29) is 0 Å². The van der Waals surface area contributed by atoms with Crippen LogP contribution in [0.1, 0.15) is 23.1 Å². The number of fused-ring (bicyclic) bond motifs is 1. The number of hydrogen-bond donors (Lipinski definition) is 1. The molecule has 1 aliphatic rings. The van der Waals surface area contributed by atoms with Crippen molar-refractivity contribution in [1.82, 2.24) is 14.2 Å². The van der Waals surface area contributed by atoms with Gasteiger partial charge < -0.3 is 9.88 Å². The second-order valence-electron chi connectivity index (χ2n) is 7.68. The van der Waals surface area contributed by atoms with Crippen molar-refractivity contribution in [3.05, 3.63) is 77.5 Å². The molecule has 0 amide bonds. The van der Waals surface area contributed by atoms with Crippen molar-refractivity contribution in [2.45, 2.75) is 19.4 Å². The molecule has 0 atom stereocenters. The minimum atomic E-state index is 0.981. The molecule has 1 N–H and O–H groups in total. The van der Waals surface area contributed by atoms with Crippen LogP contribution in [0.25, 0.3) is 16.5 Å². The Morgan fingerprint density at radius 2 is 1.96 bits per heavy atom. The van der Waals surface area contributed by atoms with Gasteiger partial charge in [-0.3, -0.25) is 0 Å². The highest BCUT2D eigenvalue weighted by Gasteiger charge is 2.13. The summed E-state index contributed by atoms with van der Waals surface area (Å²) in [6, 6.07) is 17.6. The number of nitrogens with zero attached hydrogens (tertiary/aromatic N) is 2. The van der Waals surface area contributed by atoms with Crippen LogP contribution in [-0.4, -0.2) is 47.1 Å². The van der Waals surface area contributed by atoms with Crippen LogP contribution >= 0.6 is 11.9 Å². The maximum absolute atomic E-state index is 3.46. The van der Waals surface area contributed by atoms with Gasteiger partial charge in [-0.2, -0.15) is 0 Å². The molecule has 28 heavy (non-hydrogen) atoms. The van der Waals surface area contributed by atoms with E-state index in [2.05, 4.69) is 89.1 Å². The third-order valence-electron chi connectivity index (χ3n) is 5.45. The number of benzene rings is 2. The molecule has 0 saturated heterocycles. The van der Waals surface area contributed by atoms with Crippen molar-refractivity contribution >= 4 is 28.4 Å². The molecule has 2 heterocycles. The summed E-state index contributed by atoms with van der Waals surface area (Å²) in [5.41, 5.74) is 6.90. The summed E-state index contributed by atoms with van der Waals surface area (Å²) in [4.78, 5) is 5.83. The number of H-pyrrole nitrogens is 1. The first-order valence-corrected chi connectivity index (χ1v) is 11.0. The molecule has 1 aliphatic heterocycles. The summed E-state index contributed by atoms with van der Waals surface area (Å²) in [5, 5.41) is 1.37. The zero-order valence-electron chi connectivity index (χ0n) is 16.8. The summed E-state index contributed by atoms with van der Waals surface area (Å²) in [5.74, 6) is 1.10. The third-order valence-corrected chi connectivity index (χ3v) is 6.41. The molecule has 0 bridgehead atoms. The van der Waals surface area contributed by atoms with Crippen LogP contribution in [0.4, 0.5) is 0 Å². The first-order valence-electron chi connectivity index (χ1n) is 10.0. The van der Waals surface area contributed by atoms with E-state index < -0.39 is 0 Å². The molecule has 0 saturated carbocycles. The lowest BCUT2D eigenvalue weighted by Crippen LogP contribution is -2.23. The Labute approximate surface area is 172 Å². The van der Waals surface area contributed by atoms with Gasteiger partial charge in [-0.15, -0.1) is 0 Å². The Morgan fingerprint density at radius 3 is 2.75 bits per heavy atom. The molecular weight excluding hydrogens is 362 g/mol. The smallest absolute Gasteiger partial charge is 0.0460 e. The van der Waals surface area contributed by atoms with E-state index in [1.54, 1.807) is 0 Å². The second kappa shape index (κ2) is 8.99. The molecule has 3 nitrogen and oxygen atoms in total. The normalized spacial score (nSPS) is 15.3. The molecule has 0 aliphatic carbocycles. The highest BCUT2D eigenvalue weighted by atomic mass is 32.2. The van der Waals surface area contributed by atoms with Gasteiger partial charge in [-0.1, -0.05) is 54.4 Å². The molecule has 4 rings (SSSR count). The lowest BCUT2D eigenvalue weighted by Gasteiger charge is -2.21. The lowest BCUT2D eigenvalue weighted by atomic mass is 9.98. The Balaban J connectivity index is 1.38. The van der Waals surface area contributed by atoms with Crippen LogP contribution < -0.4 is 0 Å². The molecule has 2 aromatic carbocycles. The number of nitrogens with one attached hydrogen (secondary N) is 1. The van der Waals surface area contributed by atoms with Gasteiger partial charge in [0.2, 0.25) is 0 Å². The Hall–Kier alpha value is -2.01. The topological polar surface area (TPSA) is 22.3 Å². The molecule has 0 radical (unpaired) electrons. The molecule has 146 valence electrons. The van der Waals surface area contributed by atoms with E-state index in [1.165, 1.54) is 33.2 Å². The van der Waals surface area contributed by atoms with Crippen LogP contribution in [-0.2, 0) is 13.0 Å². The summed E-state index contributed by atoms with van der Waals surface area (Å²) in [6.45, 7) is 3.17. The SMILES string of the molecule is CN1CC=C(c2c[nH]c3ccc(CCSN(C)Cc4ccccc4)cc23)CC1. The lowest BCUT2D eigenvalue weighted by molar-refractivity contribution is 0.370. The molecule has 0 spiro atoms. The van der Waals surface area contributed by atoms with E-state index in [4.69, 9.17) is 0 Å². The first-order chi connectivity index (χ1) is 13.7. The number of hydrogen-bond acceptors (Lipinski definition) is 3. The molecule has 1 aromatic heterocycles. The average molecular weight is 392 g/mol. The zero-order chi connectivity index (χ0) is 19.3. The number of aromatic amines is 1. The van der Waals surface area contributed by atoms with Crippen LogP contribution in [0.2, 0.25) is 0 Å². The van der Waals surface area contributed by atoms with Crippen LogP contribution in [0.3, 0.4) is 0 Å². The molecular formula is C24H29N3S. The van der Waals surface area contributed by atoms with Crippen molar-refractivity contribution in [1.29, 1.82) is 0 Å². The second-order valence-corrected chi connectivity index (χ2v) is 8.97. The van der Waals surface area contributed by atoms with Gasteiger partial charge in [-0.05, 0) is 55.8 Å². The highest BCUT2D eigenvalue weighted by molar-refractivity contribution is 7.96. The van der Waals surface area contributed by atoms with E-state index in [0.717, 1.165) is 38.2 Å². The van der Waals surface area contributed by atoms with Crippen LogP contribution in [0, 0.1) is 0 Å². The minimum Gasteiger partial charge on any atom is -0.361 e. The van der Waals surface area contributed by atoms with Gasteiger partial charge in [0.1, 0.15) is 0 Å². The van der Waals surface area contributed by atoms with Gasteiger partial charge in [0.25, 0.3) is 0 Å². The van der Waals surface area contributed by atoms with Crippen molar-refractivity contribution < 1.29 is 0 Å². The van der Waals surface area contributed by atoms with E-state index in [0.29, 0.717) is 0 Å². The van der Waals surface area contributed by atoms with Gasteiger partial charge in [0.05, 0.1) is 0 Å².